The van der Waals surface area contributed by atoms with Crippen LogP contribution in [-0.4, -0.2) is 30.8 Å². The van der Waals surface area contributed by atoms with Gasteiger partial charge >= 0.3 is 0 Å². The minimum atomic E-state index is -0.528. The van der Waals surface area contributed by atoms with E-state index < -0.39 is 10.8 Å². The number of amides is 1. The smallest absolute Gasteiger partial charge is 0.273 e. The lowest BCUT2D eigenvalue weighted by atomic mass is 10.1. The Balaban J connectivity index is 2.06. The number of terminal acetylenes is 1. The molecule has 28 heavy (non-hydrogen) atoms. The van der Waals surface area contributed by atoms with E-state index >= 15 is 0 Å². The Morgan fingerprint density at radius 1 is 1.43 bits per heavy atom. The number of nitro benzene ring substituents is 1. The Hall–Kier alpha value is -3.38. The highest BCUT2D eigenvalue weighted by Gasteiger charge is 2.15. The van der Waals surface area contributed by atoms with E-state index in [1.54, 1.807) is 24.3 Å². The molecule has 0 aliphatic carbocycles. The van der Waals surface area contributed by atoms with Crippen molar-refractivity contribution in [3.05, 3.63) is 62.1 Å². The summed E-state index contributed by atoms with van der Waals surface area (Å²) in [5, 5.41) is 14.9. The molecule has 1 N–H and O–H groups in total. The zero-order chi connectivity index (χ0) is 20.5. The molecule has 0 heterocycles. The number of nitrogens with one attached hydrogen (secondary N) is 1. The number of nitro groups is 1. The quantitative estimate of drug-likeness (QED) is 0.291. The molecule has 0 fully saturated rings. The minimum Gasteiger partial charge on any atom is -0.493 e. The number of ether oxygens (including phenoxy) is 2. The van der Waals surface area contributed by atoms with Crippen LogP contribution in [0.4, 0.5) is 5.69 Å². The first-order valence-electron chi connectivity index (χ1n) is 7.94. The molecule has 0 atom stereocenters. The number of methoxy groups -OCH3 is 1. The Labute approximate surface area is 169 Å². The lowest BCUT2D eigenvalue weighted by molar-refractivity contribution is -0.385. The van der Waals surface area contributed by atoms with Crippen molar-refractivity contribution in [1.82, 2.24) is 5.43 Å². The van der Waals surface area contributed by atoms with Gasteiger partial charge in [0, 0.05) is 11.6 Å². The van der Waals surface area contributed by atoms with Gasteiger partial charge in [-0.15, -0.1) is 6.42 Å². The van der Waals surface area contributed by atoms with Crippen LogP contribution in [0.3, 0.4) is 0 Å². The van der Waals surface area contributed by atoms with E-state index in [9.17, 15) is 14.9 Å². The number of carbonyl (C=O) groups is 1. The van der Waals surface area contributed by atoms with E-state index in [1.165, 1.54) is 25.5 Å². The first-order chi connectivity index (χ1) is 13.5. The van der Waals surface area contributed by atoms with Gasteiger partial charge < -0.3 is 9.47 Å². The number of para-hydroxylation sites is 1. The molecular formula is C19H16BrN3O5. The van der Waals surface area contributed by atoms with Crippen molar-refractivity contribution in [3.8, 4) is 23.8 Å². The third-order valence-corrected chi connectivity index (χ3v) is 4.08. The summed E-state index contributed by atoms with van der Waals surface area (Å²) in [5.41, 5.74) is 3.17. The Bertz CT molecular complexity index is 953. The van der Waals surface area contributed by atoms with Crippen molar-refractivity contribution in [2.24, 2.45) is 5.10 Å². The maximum Gasteiger partial charge on any atom is 0.273 e. The highest BCUT2D eigenvalue weighted by atomic mass is 79.9. The third-order valence-electron chi connectivity index (χ3n) is 3.49. The van der Waals surface area contributed by atoms with Gasteiger partial charge in [0.15, 0.2) is 11.5 Å². The average molecular weight is 446 g/mol. The largest absolute Gasteiger partial charge is 0.493 e. The molecule has 0 spiro atoms. The van der Waals surface area contributed by atoms with Gasteiger partial charge in [0.1, 0.15) is 6.61 Å². The number of hydrogen-bond donors (Lipinski definition) is 1. The Kier molecular flexibility index (Phi) is 7.54. The summed E-state index contributed by atoms with van der Waals surface area (Å²) in [6.45, 7) is 0.0874. The second-order valence-corrected chi connectivity index (χ2v) is 6.24. The van der Waals surface area contributed by atoms with Crippen LogP contribution in [0.25, 0.3) is 0 Å². The molecule has 9 heteroatoms. The van der Waals surface area contributed by atoms with Gasteiger partial charge in [0.05, 0.1) is 29.1 Å². The van der Waals surface area contributed by atoms with E-state index in [-0.39, 0.29) is 18.7 Å². The van der Waals surface area contributed by atoms with Gasteiger partial charge in [-0.1, -0.05) is 24.1 Å². The number of nitrogens with zero attached hydrogens (tertiary/aromatic N) is 2. The molecule has 1 amide bonds. The summed E-state index contributed by atoms with van der Waals surface area (Å²) in [4.78, 5) is 22.5. The summed E-state index contributed by atoms with van der Waals surface area (Å²) in [6, 6.07) is 9.42. The van der Waals surface area contributed by atoms with Crippen LogP contribution in [0, 0.1) is 22.5 Å². The predicted octanol–water partition coefficient (Wildman–Crippen LogP) is 3.07. The number of carbonyl (C=O) groups excluding carboxylic acids is 1. The van der Waals surface area contributed by atoms with E-state index in [4.69, 9.17) is 15.9 Å². The highest BCUT2D eigenvalue weighted by Crippen LogP contribution is 2.36. The molecule has 0 aromatic heterocycles. The van der Waals surface area contributed by atoms with Gasteiger partial charge in [0.25, 0.3) is 5.69 Å². The van der Waals surface area contributed by atoms with Crippen molar-refractivity contribution in [3.63, 3.8) is 0 Å². The molecule has 8 nitrogen and oxygen atoms in total. The molecule has 2 aromatic carbocycles. The molecule has 0 bridgehead atoms. The topological polar surface area (TPSA) is 103 Å². The van der Waals surface area contributed by atoms with Gasteiger partial charge in [-0.05, 0) is 33.6 Å². The van der Waals surface area contributed by atoms with Gasteiger partial charge in [-0.3, -0.25) is 14.9 Å². The fourth-order valence-electron chi connectivity index (χ4n) is 2.30. The van der Waals surface area contributed by atoms with Crippen LogP contribution in [0.5, 0.6) is 11.5 Å². The monoisotopic (exact) mass is 445 g/mol. The van der Waals surface area contributed by atoms with Gasteiger partial charge in [0.2, 0.25) is 5.91 Å². The number of rotatable bonds is 8. The first kappa shape index (κ1) is 20.9. The lowest BCUT2D eigenvalue weighted by Gasteiger charge is -2.11. The Morgan fingerprint density at radius 3 is 2.86 bits per heavy atom. The van der Waals surface area contributed by atoms with Gasteiger partial charge in [-0.2, -0.15) is 5.10 Å². The lowest BCUT2D eigenvalue weighted by Crippen LogP contribution is -2.20. The first-order valence-corrected chi connectivity index (χ1v) is 8.73. The van der Waals surface area contributed by atoms with Crippen molar-refractivity contribution >= 4 is 33.7 Å². The fourth-order valence-corrected chi connectivity index (χ4v) is 2.87. The van der Waals surface area contributed by atoms with Crippen LogP contribution < -0.4 is 14.9 Å². The number of benzene rings is 2. The van der Waals surface area contributed by atoms with E-state index in [0.717, 1.165) is 0 Å². The van der Waals surface area contributed by atoms with Crippen molar-refractivity contribution < 1.29 is 19.2 Å². The summed E-state index contributed by atoms with van der Waals surface area (Å²) in [6.07, 6.45) is 6.44. The SMILES string of the molecule is C#CCOc1c(Br)cc(/C=N/NC(=O)Cc2ccccc2[N+](=O)[O-])cc1OC. The third kappa shape index (κ3) is 5.56. The molecule has 2 rings (SSSR count). The number of hydrazone groups is 1. The maximum absolute atomic E-state index is 12.0. The van der Waals surface area contributed by atoms with E-state index in [1.807, 2.05) is 0 Å². The second kappa shape index (κ2) is 10.1. The second-order valence-electron chi connectivity index (χ2n) is 5.38. The van der Waals surface area contributed by atoms with Crippen molar-refractivity contribution in [2.75, 3.05) is 13.7 Å². The maximum atomic E-state index is 12.0. The molecule has 0 saturated heterocycles. The van der Waals surface area contributed by atoms with Crippen LogP contribution in [0.1, 0.15) is 11.1 Å². The molecule has 144 valence electrons. The molecule has 0 aliphatic heterocycles. The molecule has 0 radical (unpaired) electrons. The molecule has 2 aromatic rings. The number of halogens is 1. The molecular weight excluding hydrogens is 430 g/mol. The molecule has 0 aliphatic rings. The fraction of sp³-hybridized carbons (Fsp3) is 0.158. The highest BCUT2D eigenvalue weighted by molar-refractivity contribution is 9.10. The summed E-state index contributed by atoms with van der Waals surface area (Å²) < 4.78 is 11.3. The number of hydrogen-bond acceptors (Lipinski definition) is 6. The summed E-state index contributed by atoms with van der Waals surface area (Å²) in [5.74, 6) is 2.79. The predicted molar refractivity (Wildman–Crippen MR) is 108 cm³/mol. The van der Waals surface area contributed by atoms with Gasteiger partial charge in [-0.25, -0.2) is 5.43 Å². The normalized spacial score (nSPS) is 10.3. The van der Waals surface area contributed by atoms with Crippen LogP contribution in [0.15, 0.2) is 46.0 Å². The van der Waals surface area contributed by atoms with Crippen LogP contribution in [0.2, 0.25) is 0 Å². The minimum absolute atomic E-state index is 0.0874. The zero-order valence-electron chi connectivity index (χ0n) is 14.8. The summed E-state index contributed by atoms with van der Waals surface area (Å²) in [7, 11) is 1.49. The summed E-state index contributed by atoms with van der Waals surface area (Å²) >= 11 is 3.37. The van der Waals surface area contributed by atoms with Crippen LogP contribution in [-0.2, 0) is 11.2 Å². The van der Waals surface area contributed by atoms with Crippen molar-refractivity contribution in [1.29, 1.82) is 0 Å². The van der Waals surface area contributed by atoms with E-state index in [0.29, 0.717) is 27.1 Å². The van der Waals surface area contributed by atoms with Crippen molar-refractivity contribution in [2.45, 2.75) is 6.42 Å². The van der Waals surface area contributed by atoms with Crippen LogP contribution >= 0.6 is 15.9 Å². The van der Waals surface area contributed by atoms with E-state index in [2.05, 4.69) is 32.4 Å². The standard InChI is InChI=1S/C19H16BrN3O5/c1-3-8-28-19-15(20)9-13(10-17(19)27-2)12-21-22-18(24)11-14-6-4-5-7-16(14)23(25)26/h1,4-7,9-10,12H,8,11H2,2H3,(H,22,24)/b21-12+. The molecule has 0 saturated carbocycles. The molecule has 0 unspecified atom stereocenters. The Morgan fingerprint density at radius 2 is 2.18 bits per heavy atom. The zero-order valence-corrected chi connectivity index (χ0v) is 16.4. The average Bonchev–Trinajstić information content (AvgIpc) is 2.67.